The number of urea groups is 1. The van der Waals surface area contributed by atoms with Crippen LogP contribution in [-0.2, 0) is 11.3 Å². The molecule has 0 saturated heterocycles. The van der Waals surface area contributed by atoms with Crippen molar-refractivity contribution < 1.29 is 14.7 Å². The Morgan fingerprint density at radius 1 is 1.33 bits per heavy atom. The van der Waals surface area contributed by atoms with Gasteiger partial charge in [0, 0.05) is 19.7 Å². The molecule has 1 aromatic heterocycles. The smallest absolute Gasteiger partial charge is 0.322 e. The summed E-state index contributed by atoms with van der Waals surface area (Å²) in [6, 6.07) is 11.2. The second kappa shape index (κ2) is 7.63. The van der Waals surface area contributed by atoms with Crippen molar-refractivity contribution in [3.63, 3.8) is 0 Å². The van der Waals surface area contributed by atoms with Crippen LogP contribution in [0.15, 0.2) is 36.4 Å². The van der Waals surface area contributed by atoms with Gasteiger partial charge in [0.2, 0.25) is 0 Å². The lowest BCUT2D eigenvalue weighted by molar-refractivity contribution is -0.141. The van der Waals surface area contributed by atoms with Crippen LogP contribution < -0.4 is 5.32 Å². The van der Waals surface area contributed by atoms with E-state index in [0.29, 0.717) is 12.4 Å². The molecule has 7 heteroatoms. The van der Waals surface area contributed by atoms with Crippen molar-refractivity contribution in [2.24, 2.45) is 5.92 Å². The minimum Gasteiger partial charge on any atom is -0.481 e. The second-order valence-corrected chi connectivity index (χ2v) is 5.86. The highest BCUT2D eigenvalue weighted by Gasteiger charge is 2.18. The fourth-order valence-electron chi connectivity index (χ4n) is 2.30. The van der Waals surface area contributed by atoms with Gasteiger partial charge in [-0.2, -0.15) is 5.10 Å². The number of carbonyl (C=O) groups is 2. The van der Waals surface area contributed by atoms with E-state index in [1.807, 2.05) is 37.3 Å². The van der Waals surface area contributed by atoms with Crippen LogP contribution in [0.25, 0.3) is 0 Å². The normalized spacial score (nSPS) is 11.8. The van der Waals surface area contributed by atoms with Gasteiger partial charge < -0.3 is 10.0 Å². The van der Waals surface area contributed by atoms with E-state index in [1.165, 1.54) is 4.90 Å². The average molecular weight is 330 g/mol. The molecule has 0 radical (unpaired) electrons. The number of aliphatic carboxylic acids is 1. The third-order valence-corrected chi connectivity index (χ3v) is 3.63. The van der Waals surface area contributed by atoms with E-state index < -0.39 is 11.9 Å². The number of anilines is 1. The maximum absolute atomic E-state index is 12.3. The zero-order valence-corrected chi connectivity index (χ0v) is 14.1. The second-order valence-electron chi connectivity index (χ2n) is 5.86. The first kappa shape index (κ1) is 17.5. The largest absolute Gasteiger partial charge is 0.481 e. The van der Waals surface area contributed by atoms with E-state index in [-0.39, 0.29) is 12.6 Å². The van der Waals surface area contributed by atoms with Gasteiger partial charge in [-0.25, -0.2) is 9.48 Å². The summed E-state index contributed by atoms with van der Waals surface area (Å²) in [6.07, 6.45) is 0. The van der Waals surface area contributed by atoms with Crippen molar-refractivity contribution in [2.75, 3.05) is 18.9 Å². The van der Waals surface area contributed by atoms with Crippen LogP contribution in [0.3, 0.4) is 0 Å². The molecule has 0 aliphatic carbocycles. The van der Waals surface area contributed by atoms with Gasteiger partial charge in [0.15, 0.2) is 0 Å². The SMILES string of the molecule is Cc1cc(NC(=O)N(C)CC(C)C(=O)O)n(Cc2ccccc2)n1. The molecule has 2 N–H and O–H groups in total. The first-order chi connectivity index (χ1) is 11.4. The molecular formula is C17H22N4O3. The Balaban J connectivity index is 2.06. The van der Waals surface area contributed by atoms with E-state index in [0.717, 1.165) is 11.3 Å². The van der Waals surface area contributed by atoms with Gasteiger partial charge in [0.25, 0.3) is 0 Å². The first-order valence-corrected chi connectivity index (χ1v) is 7.70. The van der Waals surface area contributed by atoms with Gasteiger partial charge in [-0.15, -0.1) is 0 Å². The van der Waals surface area contributed by atoms with Crippen LogP contribution in [0.1, 0.15) is 18.2 Å². The summed E-state index contributed by atoms with van der Waals surface area (Å²) in [4.78, 5) is 24.5. The molecule has 1 unspecified atom stereocenters. The Kier molecular flexibility index (Phi) is 5.57. The van der Waals surface area contributed by atoms with Crippen LogP contribution >= 0.6 is 0 Å². The van der Waals surface area contributed by atoms with Crippen molar-refractivity contribution in [1.29, 1.82) is 0 Å². The predicted molar refractivity (Wildman–Crippen MR) is 91.0 cm³/mol. The topological polar surface area (TPSA) is 87.5 Å². The summed E-state index contributed by atoms with van der Waals surface area (Å²) in [7, 11) is 1.57. The molecule has 24 heavy (non-hydrogen) atoms. The molecule has 1 heterocycles. The Labute approximate surface area is 140 Å². The number of carboxylic acid groups (broad SMARTS) is 1. The highest BCUT2D eigenvalue weighted by atomic mass is 16.4. The maximum atomic E-state index is 12.3. The van der Waals surface area contributed by atoms with E-state index >= 15 is 0 Å². The molecular weight excluding hydrogens is 308 g/mol. The Bertz CT molecular complexity index is 712. The highest BCUT2D eigenvalue weighted by Crippen LogP contribution is 2.14. The van der Waals surface area contributed by atoms with Crippen LogP contribution in [0.5, 0.6) is 0 Å². The summed E-state index contributed by atoms with van der Waals surface area (Å²) in [5, 5.41) is 16.1. The predicted octanol–water partition coefficient (Wildman–Crippen LogP) is 2.42. The first-order valence-electron chi connectivity index (χ1n) is 7.70. The van der Waals surface area contributed by atoms with Gasteiger partial charge in [0.1, 0.15) is 5.82 Å². The Morgan fingerprint density at radius 3 is 2.62 bits per heavy atom. The maximum Gasteiger partial charge on any atom is 0.322 e. The molecule has 2 amide bonds. The van der Waals surface area contributed by atoms with Gasteiger partial charge >= 0.3 is 12.0 Å². The van der Waals surface area contributed by atoms with Crippen molar-refractivity contribution in [2.45, 2.75) is 20.4 Å². The minimum absolute atomic E-state index is 0.132. The molecule has 1 atom stereocenters. The zero-order valence-electron chi connectivity index (χ0n) is 14.1. The lowest BCUT2D eigenvalue weighted by atomic mass is 10.2. The summed E-state index contributed by atoms with van der Waals surface area (Å²) in [5.41, 5.74) is 1.87. The number of hydrogen-bond acceptors (Lipinski definition) is 3. The van der Waals surface area contributed by atoms with Crippen LogP contribution in [0, 0.1) is 12.8 Å². The lowest BCUT2D eigenvalue weighted by Crippen LogP contribution is -2.37. The third-order valence-electron chi connectivity index (χ3n) is 3.63. The Morgan fingerprint density at radius 2 is 2.00 bits per heavy atom. The molecule has 2 aromatic rings. The zero-order chi connectivity index (χ0) is 17.7. The summed E-state index contributed by atoms with van der Waals surface area (Å²) in [6.45, 7) is 4.09. The fourth-order valence-corrected chi connectivity index (χ4v) is 2.30. The fraction of sp³-hybridized carbons (Fsp3) is 0.353. The Hall–Kier alpha value is -2.83. The molecule has 1 aromatic carbocycles. The number of carbonyl (C=O) groups excluding carboxylic acids is 1. The lowest BCUT2D eigenvalue weighted by Gasteiger charge is -2.20. The number of aromatic nitrogens is 2. The van der Waals surface area contributed by atoms with Crippen molar-refractivity contribution >= 4 is 17.8 Å². The number of hydrogen-bond donors (Lipinski definition) is 2. The number of carboxylic acids is 1. The minimum atomic E-state index is -0.931. The number of amides is 2. The molecule has 0 fully saturated rings. The molecule has 0 aliphatic heterocycles. The molecule has 0 spiro atoms. The van der Waals surface area contributed by atoms with Crippen LogP contribution in [0.4, 0.5) is 10.6 Å². The highest BCUT2D eigenvalue weighted by molar-refractivity contribution is 5.88. The van der Waals surface area contributed by atoms with Gasteiger partial charge in [-0.05, 0) is 12.5 Å². The van der Waals surface area contributed by atoms with Crippen molar-refractivity contribution in [1.82, 2.24) is 14.7 Å². The summed E-state index contributed by atoms with van der Waals surface area (Å²) in [5.74, 6) is -0.979. The van der Waals surface area contributed by atoms with E-state index in [1.54, 1.807) is 24.7 Å². The van der Waals surface area contributed by atoms with Crippen LogP contribution in [0.2, 0.25) is 0 Å². The van der Waals surface area contributed by atoms with Crippen molar-refractivity contribution in [3.8, 4) is 0 Å². The molecule has 0 saturated carbocycles. The average Bonchev–Trinajstić information content (AvgIpc) is 2.87. The standard InChI is InChI=1S/C17H22N4O3/c1-12(16(22)23)10-20(3)17(24)18-15-9-13(2)19-21(15)11-14-7-5-4-6-8-14/h4-9,12H,10-11H2,1-3H3,(H,18,24)(H,22,23). The molecule has 0 bridgehead atoms. The monoisotopic (exact) mass is 330 g/mol. The molecule has 2 rings (SSSR count). The van der Waals surface area contributed by atoms with E-state index in [9.17, 15) is 9.59 Å². The summed E-state index contributed by atoms with van der Waals surface area (Å²) >= 11 is 0. The van der Waals surface area contributed by atoms with E-state index in [2.05, 4.69) is 10.4 Å². The quantitative estimate of drug-likeness (QED) is 0.851. The number of benzene rings is 1. The van der Waals surface area contributed by atoms with Gasteiger partial charge in [-0.3, -0.25) is 10.1 Å². The molecule has 128 valence electrons. The summed E-state index contributed by atoms with van der Waals surface area (Å²) < 4.78 is 1.72. The number of rotatable bonds is 6. The molecule has 7 nitrogen and oxygen atoms in total. The molecule has 0 aliphatic rings. The third kappa shape index (κ3) is 4.58. The van der Waals surface area contributed by atoms with Crippen LogP contribution in [-0.4, -0.2) is 45.4 Å². The van der Waals surface area contributed by atoms with Gasteiger partial charge in [-0.1, -0.05) is 37.3 Å². The van der Waals surface area contributed by atoms with Crippen molar-refractivity contribution in [3.05, 3.63) is 47.7 Å². The van der Waals surface area contributed by atoms with E-state index in [4.69, 9.17) is 5.11 Å². The van der Waals surface area contributed by atoms with Gasteiger partial charge in [0.05, 0.1) is 18.2 Å². The number of nitrogens with zero attached hydrogens (tertiary/aromatic N) is 3. The number of nitrogens with one attached hydrogen (secondary N) is 1. The number of aryl methyl sites for hydroxylation is 1.